The van der Waals surface area contributed by atoms with Gasteiger partial charge < -0.3 is 15.2 Å². The minimum Gasteiger partial charge on any atom is -0.490 e. The van der Waals surface area contributed by atoms with Crippen LogP contribution in [0.5, 0.6) is 11.5 Å². The Labute approximate surface area is 147 Å². The largest absolute Gasteiger partial charge is 0.490 e. The van der Waals surface area contributed by atoms with Crippen molar-refractivity contribution in [1.82, 2.24) is 0 Å². The van der Waals surface area contributed by atoms with Gasteiger partial charge in [-0.25, -0.2) is 0 Å². The van der Waals surface area contributed by atoms with Crippen molar-refractivity contribution in [1.29, 1.82) is 0 Å². The van der Waals surface area contributed by atoms with Gasteiger partial charge in [0.1, 0.15) is 24.7 Å². The van der Waals surface area contributed by atoms with E-state index in [4.69, 9.17) is 15.2 Å². The summed E-state index contributed by atoms with van der Waals surface area (Å²) in [5.74, 6) is 2.67. The number of hydrogen-bond donors (Lipinski definition) is 1. The Hall–Kier alpha value is -2.14. The Bertz CT molecular complexity index is 706. The molecule has 0 bridgehead atoms. The zero-order valence-corrected chi connectivity index (χ0v) is 14.6. The molecule has 1 heterocycles. The number of para-hydroxylation sites is 1. The van der Waals surface area contributed by atoms with Gasteiger partial charge in [0.25, 0.3) is 0 Å². The normalized spacial score (nSPS) is 20.3. The van der Waals surface area contributed by atoms with E-state index < -0.39 is 0 Å². The Morgan fingerprint density at radius 1 is 1.04 bits per heavy atom. The molecule has 0 amide bonds. The SMILES string of the molecule is CC1(c2cccc(OCCOc3ccccc3)c2)CCSC(N)=N1. The highest BCUT2D eigenvalue weighted by molar-refractivity contribution is 8.13. The smallest absolute Gasteiger partial charge is 0.154 e. The lowest BCUT2D eigenvalue weighted by molar-refractivity contribution is 0.217. The van der Waals surface area contributed by atoms with E-state index in [0.717, 1.165) is 29.2 Å². The molecule has 3 rings (SSSR count). The van der Waals surface area contributed by atoms with Crippen LogP contribution in [0, 0.1) is 0 Å². The van der Waals surface area contributed by atoms with Gasteiger partial charge >= 0.3 is 0 Å². The summed E-state index contributed by atoms with van der Waals surface area (Å²) in [4.78, 5) is 4.64. The maximum Gasteiger partial charge on any atom is 0.154 e. The first-order valence-corrected chi connectivity index (χ1v) is 9.04. The predicted octanol–water partition coefficient (Wildman–Crippen LogP) is 3.81. The van der Waals surface area contributed by atoms with Crippen molar-refractivity contribution in [2.75, 3.05) is 19.0 Å². The maximum absolute atomic E-state index is 5.90. The molecule has 0 spiro atoms. The monoisotopic (exact) mass is 342 g/mol. The molecule has 2 aromatic rings. The minimum atomic E-state index is -0.269. The van der Waals surface area contributed by atoms with Crippen molar-refractivity contribution in [3.8, 4) is 11.5 Å². The average molecular weight is 342 g/mol. The number of rotatable bonds is 6. The summed E-state index contributed by atoms with van der Waals surface area (Å²) >= 11 is 1.61. The summed E-state index contributed by atoms with van der Waals surface area (Å²) in [6, 6.07) is 17.8. The molecule has 24 heavy (non-hydrogen) atoms. The minimum absolute atomic E-state index is 0.269. The molecule has 0 saturated carbocycles. The number of benzene rings is 2. The second-order valence-electron chi connectivity index (χ2n) is 5.86. The number of aliphatic imine (C=N–C) groups is 1. The van der Waals surface area contributed by atoms with Crippen LogP contribution in [0.4, 0.5) is 0 Å². The van der Waals surface area contributed by atoms with Crippen LogP contribution in [-0.2, 0) is 5.54 Å². The third kappa shape index (κ3) is 4.23. The standard InChI is InChI=1S/C19H22N2O2S/c1-19(10-13-24-18(20)21-19)15-6-5-9-17(14-15)23-12-11-22-16-7-3-2-4-8-16/h2-9,14H,10-13H2,1H3,(H2,20,21). The van der Waals surface area contributed by atoms with Gasteiger partial charge in [0.2, 0.25) is 0 Å². The van der Waals surface area contributed by atoms with Gasteiger partial charge in [-0.1, -0.05) is 42.1 Å². The van der Waals surface area contributed by atoms with E-state index >= 15 is 0 Å². The zero-order chi connectivity index (χ0) is 16.8. The van der Waals surface area contributed by atoms with E-state index in [1.165, 1.54) is 0 Å². The molecule has 1 atom stereocenters. The van der Waals surface area contributed by atoms with Gasteiger partial charge in [0, 0.05) is 5.75 Å². The summed E-state index contributed by atoms with van der Waals surface area (Å²) in [7, 11) is 0. The van der Waals surface area contributed by atoms with Crippen LogP contribution in [0.1, 0.15) is 18.9 Å². The molecule has 1 aliphatic heterocycles. The number of hydrogen-bond acceptors (Lipinski definition) is 5. The fraction of sp³-hybridized carbons (Fsp3) is 0.316. The summed E-state index contributed by atoms with van der Waals surface area (Å²) < 4.78 is 11.5. The van der Waals surface area contributed by atoms with Crippen molar-refractivity contribution < 1.29 is 9.47 Å². The molecule has 126 valence electrons. The number of thioether (sulfide) groups is 1. The van der Waals surface area contributed by atoms with Crippen molar-refractivity contribution >= 4 is 16.9 Å². The van der Waals surface area contributed by atoms with Crippen LogP contribution in [0.3, 0.4) is 0 Å². The number of nitrogens with zero attached hydrogens (tertiary/aromatic N) is 1. The van der Waals surface area contributed by atoms with E-state index in [1.54, 1.807) is 11.8 Å². The van der Waals surface area contributed by atoms with Crippen molar-refractivity contribution in [3.05, 3.63) is 60.2 Å². The topological polar surface area (TPSA) is 56.8 Å². The number of amidine groups is 1. The highest BCUT2D eigenvalue weighted by Gasteiger charge is 2.29. The second-order valence-corrected chi connectivity index (χ2v) is 6.98. The first kappa shape index (κ1) is 16.7. The molecule has 0 radical (unpaired) electrons. The summed E-state index contributed by atoms with van der Waals surface area (Å²) in [5, 5.41) is 0.659. The van der Waals surface area contributed by atoms with E-state index in [2.05, 4.69) is 24.0 Å². The van der Waals surface area contributed by atoms with E-state index in [9.17, 15) is 0 Å². The molecular weight excluding hydrogens is 320 g/mol. The van der Waals surface area contributed by atoms with E-state index in [1.807, 2.05) is 42.5 Å². The zero-order valence-electron chi connectivity index (χ0n) is 13.8. The van der Waals surface area contributed by atoms with Crippen LogP contribution in [0.25, 0.3) is 0 Å². The summed E-state index contributed by atoms with van der Waals surface area (Å²) in [5.41, 5.74) is 6.77. The fourth-order valence-corrected chi connectivity index (χ4v) is 3.63. The molecule has 4 nitrogen and oxygen atoms in total. The Kier molecular flexibility index (Phi) is 5.30. The average Bonchev–Trinajstić information content (AvgIpc) is 2.60. The molecule has 0 fully saturated rings. The molecule has 1 unspecified atom stereocenters. The van der Waals surface area contributed by atoms with Gasteiger partial charge in [-0.05, 0) is 43.2 Å². The van der Waals surface area contributed by atoms with Crippen molar-refractivity contribution in [3.63, 3.8) is 0 Å². The maximum atomic E-state index is 5.90. The summed E-state index contributed by atoms with van der Waals surface area (Å²) in [6.45, 7) is 3.13. The Balaban J connectivity index is 1.58. The van der Waals surface area contributed by atoms with Crippen LogP contribution < -0.4 is 15.2 Å². The van der Waals surface area contributed by atoms with Gasteiger partial charge in [-0.15, -0.1) is 0 Å². The van der Waals surface area contributed by atoms with E-state index in [-0.39, 0.29) is 5.54 Å². The predicted molar refractivity (Wildman–Crippen MR) is 99.9 cm³/mol. The van der Waals surface area contributed by atoms with Crippen LogP contribution >= 0.6 is 11.8 Å². The molecule has 2 aromatic carbocycles. The third-order valence-electron chi connectivity index (χ3n) is 4.02. The van der Waals surface area contributed by atoms with Crippen LogP contribution in [-0.4, -0.2) is 24.1 Å². The number of ether oxygens (including phenoxy) is 2. The molecule has 5 heteroatoms. The van der Waals surface area contributed by atoms with Crippen LogP contribution in [0.2, 0.25) is 0 Å². The third-order valence-corrected chi connectivity index (χ3v) is 4.81. The van der Waals surface area contributed by atoms with Gasteiger partial charge in [-0.3, -0.25) is 4.99 Å². The van der Waals surface area contributed by atoms with E-state index in [0.29, 0.717) is 18.4 Å². The quantitative estimate of drug-likeness (QED) is 0.811. The lowest BCUT2D eigenvalue weighted by Gasteiger charge is -2.30. The highest BCUT2D eigenvalue weighted by atomic mass is 32.2. The molecule has 1 aliphatic rings. The number of nitrogens with two attached hydrogens (primary N) is 1. The molecular formula is C19H22N2O2S. The lowest BCUT2D eigenvalue weighted by Crippen LogP contribution is -2.28. The highest BCUT2D eigenvalue weighted by Crippen LogP contribution is 2.36. The van der Waals surface area contributed by atoms with Gasteiger partial charge in [0.15, 0.2) is 5.17 Å². The summed E-state index contributed by atoms with van der Waals surface area (Å²) in [6.07, 6.45) is 0.971. The lowest BCUT2D eigenvalue weighted by atomic mass is 9.90. The van der Waals surface area contributed by atoms with Crippen molar-refractivity contribution in [2.45, 2.75) is 18.9 Å². The Morgan fingerprint density at radius 2 is 1.75 bits per heavy atom. The fourth-order valence-electron chi connectivity index (χ4n) is 2.65. The van der Waals surface area contributed by atoms with Crippen molar-refractivity contribution in [2.24, 2.45) is 10.7 Å². The second kappa shape index (κ2) is 7.62. The molecule has 0 aliphatic carbocycles. The molecule has 0 saturated heterocycles. The Morgan fingerprint density at radius 3 is 2.50 bits per heavy atom. The van der Waals surface area contributed by atoms with Crippen LogP contribution in [0.15, 0.2) is 59.6 Å². The first-order valence-electron chi connectivity index (χ1n) is 8.05. The molecule has 2 N–H and O–H groups in total. The van der Waals surface area contributed by atoms with Gasteiger partial charge in [-0.2, -0.15) is 0 Å². The van der Waals surface area contributed by atoms with Gasteiger partial charge in [0.05, 0.1) is 5.54 Å². The first-order chi connectivity index (χ1) is 11.7. The molecule has 0 aromatic heterocycles.